The van der Waals surface area contributed by atoms with Gasteiger partial charge in [0.2, 0.25) is 0 Å². The maximum Gasteiger partial charge on any atom is 0.315 e. The van der Waals surface area contributed by atoms with E-state index in [2.05, 4.69) is 35.1 Å². The summed E-state index contributed by atoms with van der Waals surface area (Å²) in [6.07, 6.45) is 6.70. The molecule has 5 nitrogen and oxygen atoms in total. The number of urea groups is 1. The molecule has 1 aromatic carbocycles. The van der Waals surface area contributed by atoms with E-state index in [9.17, 15) is 4.79 Å². The molecule has 0 atom stereocenters. The SMILES string of the molecule is CC(C)n1c(CCNC(=O)NC2CCCCC2)nc2ccccc21. The van der Waals surface area contributed by atoms with E-state index in [0.717, 1.165) is 36.1 Å². The first-order valence-corrected chi connectivity index (χ1v) is 9.15. The number of carbonyl (C=O) groups is 1. The van der Waals surface area contributed by atoms with Crippen molar-refractivity contribution in [1.82, 2.24) is 20.2 Å². The zero-order chi connectivity index (χ0) is 16.9. The standard InChI is InChI=1S/C19H28N4O/c1-14(2)23-17-11-7-6-10-16(17)22-18(23)12-13-20-19(24)21-15-8-4-3-5-9-15/h6-7,10-11,14-15H,3-5,8-9,12-13H2,1-2H3,(H2,20,21,24). The molecular weight excluding hydrogens is 300 g/mol. The largest absolute Gasteiger partial charge is 0.338 e. The van der Waals surface area contributed by atoms with E-state index < -0.39 is 0 Å². The van der Waals surface area contributed by atoms with Gasteiger partial charge in [-0.05, 0) is 38.8 Å². The average molecular weight is 328 g/mol. The number of para-hydroxylation sites is 2. The fourth-order valence-corrected chi connectivity index (χ4v) is 3.62. The first-order chi connectivity index (χ1) is 11.6. The Morgan fingerprint density at radius 2 is 2.00 bits per heavy atom. The highest BCUT2D eigenvalue weighted by atomic mass is 16.2. The number of carbonyl (C=O) groups excluding carboxylic acids is 1. The topological polar surface area (TPSA) is 59.0 Å². The highest BCUT2D eigenvalue weighted by Crippen LogP contribution is 2.21. The van der Waals surface area contributed by atoms with Crippen molar-refractivity contribution in [2.75, 3.05) is 6.54 Å². The van der Waals surface area contributed by atoms with E-state index in [1.807, 2.05) is 18.2 Å². The van der Waals surface area contributed by atoms with Crippen LogP contribution in [0.5, 0.6) is 0 Å². The molecule has 2 N–H and O–H groups in total. The van der Waals surface area contributed by atoms with E-state index in [-0.39, 0.29) is 6.03 Å². The highest BCUT2D eigenvalue weighted by molar-refractivity contribution is 5.76. The van der Waals surface area contributed by atoms with Crippen LogP contribution in [0, 0.1) is 0 Å². The van der Waals surface area contributed by atoms with Gasteiger partial charge in [-0.3, -0.25) is 0 Å². The van der Waals surface area contributed by atoms with Gasteiger partial charge in [0.15, 0.2) is 0 Å². The molecule has 2 amide bonds. The summed E-state index contributed by atoms with van der Waals surface area (Å²) in [5, 5.41) is 6.08. The van der Waals surface area contributed by atoms with Gasteiger partial charge >= 0.3 is 6.03 Å². The molecule has 0 spiro atoms. The Kier molecular flexibility index (Phi) is 5.38. The summed E-state index contributed by atoms with van der Waals surface area (Å²) in [5.74, 6) is 1.03. The second kappa shape index (κ2) is 7.69. The summed E-state index contributed by atoms with van der Waals surface area (Å²) in [6, 6.07) is 8.86. The van der Waals surface area contributed by atoms with Gasteiger partial charge in [-0.2, -0.15) is 0 Å². The van der Waals surface area contributed by atoms with Gasteiger partial charge in [0.05, 0.1) is 11.0 Å². The fraction of sp³-hybridized carbons (Fsp3) is 0.579. The molecule has 1 fully saturated rings. The minimum absolute atomic E-state index is 0.0471. The third kappa shape index (κ3) is 3.89. The van der Waals surface area contributed by atoms with Crippen molar-refractivity contribution in [3.05, 3.63) is 30.1 Å². The number of fused-ring (bicyclic) bond motifs is 1. The molecule has 0 bridgehead atoms. The number of nitrogens with zero attached hydrogens (tertiary/aromatic N) is 2. The molecule has 1 saturated carbocycles. The van der Waals surface area contributed by atoms with Gasteiger partial charge in [0.1, 0.15) is 5.82 Å². The lowest BCUT2D eigenvalue weighted by atomic mass is 9.96. The molecule has 1 aliphatic carbocycles. The lowest BCUT2D eigenvalue weighted by Gasteiger charge is -2.22. The molecular formula is C19H28N4O. The molecule has 0 unspecified atom stereocenters. The third-order valence-corrected chi connectivity index (χ3v) is 4.76. The molecule has 3 rings (SSSR count). The number of benzene rings is 1. The summed E-state index contributed by atoms with van der Waals surface area (Å²) < 4.78 is 2.26. The van der Waals surface area contributed by atoms with Gasteiger partial charge in [-0.25, -0.2) is 9.78 Å². The predicted octanol–water partition coefficient (Wildman–Crippen LogP) is 3.79. The van der Waals surface area contributed by atoms with E-state index in [0.29, 0.717) is 18.6 Å². The number of amides is 2. The van der Waals surface area contributed by atoms with Gasteiger partial charge < -0.3 is 15.2 Å². The van der Waals surface area contributed by atoms with Gasteiger partial charge in [-0.1, -0.05) is 31.4 Å². The Morgan fingerprint density at radius 1 is 1.25 bits per heavy atom. The van der Waals surface area contributed by atoms with Gasteiger partial charge in [-0.15, -0.1) is 0 Å². The van der Waals surface area contributed by atoms with Crippen LogP contribution < -0.4 is 10.6 Å². The van der Waals surface area contributed by atoms with E-state index >= 15 is 0 Å². The Bertz CT molecular complexity index is 686. The lowest BCUT2D eigenvalue weighted by Crippen LogP contribution is -2.43. The highest BCUT2D eigenvalue weighted by Gasteiger charge is 2.16. The maximum atomic E-state index is 12.0. The minimum Gasteiger partial charge on any atom is -0.338 e. The third-order valence-electron chi connectivity index (χ3n) is 4.76. The van der Waals surface area contributed by atoms with Crippen LogP contribution in [0.2, 0.25) is 0 Å². The van der Waals surface area contributed by atoms with E-state index in [1.165, 1.54) is 19.3 Å². The monoisotopic (exact) mass is 328 g/mol. The summed E-state index contributed by atoms with van der Waals surface area (Å²) in [6.45, 7) is 4.94. The number of hydrogen-bond acceptors (Lipinski definition) is 2. The maximum absolute atomic E-state index is 12.0. The number of nitrogens with one attached hydrogen (secondary N) is 2. The average Bonchev–Trinajstić information content (AvgIpc) is 2.94. The van der Waals surface area contributed by atoms with Crippen molar-refractivity contribution >= 4 is 17.1 Å². The molecule has 5 heteroatoms. The van der Waals surface area contributed by atoms with Crippen LogP contribution in [0.25, 0.3) is 11.0 Å². The molecule has 1 aliphatic rings. The molecule has 0 saturated heterocycles. The number of hydrogen-bond donors (Lipinski definition) is 2. The van der Waals surface area contributed by atoms with Crippen molar-refractivity contribution in [1.29, 1.82) is 0 Å². The molecule has 130 valence electrons. The normalized spacial score (nSPS) is 15.8. The van der Waals surface area contributed by atoms with Gasteiger partial charge in [0.25, 0.3) is 0 Å². The number of aromatic nitrogens is 2. The van der Waals surface area contributed by atoms with Crippen LogP contribution in [0.4, 0.5) is 4.79 Å². The van der Waals surface area contributed by atoms with Crippen molar-refractivity contribution in [2.24, 2.45) is 0 Å². The zero-order valence-corrected chi connectivity index (χ0v) is 14.7. The summed E-state index contributed by atoms with van der Waals surface area (Å²) in [5.41, 5.74) is 2.18. The predicted molar refractivity (Wildman–Crippen MR) is 97.2 cm³/mol. The molecule has 24 heavy (non-hydrogen) atoms. The summed E-state index contributed by atoms with van der Waals surface area (Å²) in [7, 11) is 0. The molecule has 0 aliphatic heterocycles. The lowest BCUT2D eigenvalue weighted by molar-refractivity contribution is 0.232. The van der Waals surface area contributed by atoms with Crippen molar-refractivity contribution in [3.8, 4) is 0 Å². The van der Waals surface area contributed by atoms with Gasteiger partial charge in [0, 0.05) is 25.0 Å². The van der Waals surface area contributed by atoms with Crippen molar-refractivity contribution < 1.29 is 4.79 Å². The second-order valence-corrected chi connectivity index (χ2v) is 6.97. The van der Waals surface area contributed by atoms with Crippen LogP contribution in [0.1, 0.15) is 57.8 Å². The minimum atomic E-state index is -0.0471. The molecule has 0 radical (unpaired) electrons. The first-order valence-electron chi connectivity index (χ1n) is 9.15. The van der Waals surface area contributed by atoms with E-state index in [1.54, 1.807) is 0 Å². The summed E-state index contributed by atoms with van der Waals surface area (Å²) >= 11 is 0. The molecule has 1 heterocycles. The quantitative estimate of drug-likeness (QED) is 0.877. The fourth-order valence-electron chi connectivity index (χ4n) is 3.62. The van der Waals surface area contributed by atoms with Crippen LogP contribution >= 0.6 is 0 Å². The molecule has 2 aromatic rings. The Hall–Kier alpha value is -2.04. The van der Waals surface area contributed by atoms with Crippen molar-refractivity contribution in [2.45, 2.75) is 64.5 Å². The van der Waals surface area contributed by atoms with Crippen LogP contribution in [-0.4, -0.2) is 28.2 Å². The molecule has 1 aromatic heterocycles. The summed E-state index contributed by atoms with van der Waals surface area (Å²) in [4.78, 5) is 16.8. The van der Waals surface area contributed by atoms with Crippen molar-refractivity contribution in [3.63, 3.8) is 0 Å². The van der Waals surface area contributed by atoms with Crippen LogP contribution in [0.15, 0.2) is 24.3 Å². The second-order valence-electron chi connectivity index (χ2n) is 6.97. The number of rotatable bonds is 5. The zero-order valence-electron chi connectivity index (χ0n) is 14.7. The number of imidazole rings is 1. The van der Waals surface area contributed by atoms with Crippen LogP contribution in [-0.2, 0) is 6.42 Å². The van der Waals surface area contributed by atoms with Crippen LogP contribution in [0.3, 0.4) is 0 Å². The smallest absolute Gasteiger partial charge is 0.315 e. The Balaban J connectivity index is 1.57. The Labute approximate surface area is 143 Å². The first kappa shape index (κ1) is 16.8. The van der Waals surface area contributed by atoms with E-state index in [4.69, 9.17) is 4.98 Å². The Morgan fingerprint density at radius 3 is 2.75 bits per heavy atom.